The van der Waals surface area contributed by atoms with E-state index in [0.29, 0.717) is 17.2 Å². The van der Waals surface area contributed by atoms with Gasteiger partial charge in [0.15, 0.2) is 6.04 Å². The van der Waals surface area contributed by atoms with Crippen LogP contribution in [0.4, 0.5) is 0 Å². The summed E-state index contributed by atoms with van der Waals surface area (Å²) in [4.78, 5) is 25.1. The Hall–Kier alpha value is -1.60. The smallest absolute Gasteiger partial charge is 0.328 e. The number of rotatable bonds is 3. The van der Waals surface area contributed by atoms with Crippen molar-refractivity contribution in [2.45, 2.75) is 6.04 Å². The van der Waals surface area contributed by atoms with E-state index >= 15 is 0 Å². The molecule has 0 unspecified atom stereocenters. The summed E-state index contributed by atoms with van der Waals surface area (Å²) in [6.07, 6.45) is 0. The third-order valence-electron chi connectivity index (χ3n) is 2.70. The molecular weight excluding hydrogens is 258 g/mol. The summed E-state index contributed by atoms with van der Waals surface area (Å²) in [6, 6.07) is 0.695. The van der Waals surface area contributed by atoms with Crippen molar-refractivity contribution >= 4 is 23.2 Å². The van der Waals surface area contributed by atoms with Crippen LogP contribution in [0.15, 0.2) is 11.4 Å². The fraction of sp³-hybridized carbons (Fsp3) is 0.455. The summed E-state index contributed by atoms with van der Waals surface area (Å²) in [5.41, 5.74) is 0. The van der Waals surface area contributed by atoms with Crippen molar-refractivity contribution in [2.24, 2.45) is 0 Å². The number of hydrogen-bond donors (Lipinski definition) is 1. The second kappa shape index (κ2) is 5.36. The minimum absolute atomic E-state index is 0.0313. The number of aliphatic carboxylic acids is 1. The Morgan fingerprint density at radius 3 is 3.00 bits per heavy atom. The van der Waals surface area contributed by atoms with Gasteiger partial charge in [0.25, 0.3) is 5.91 Å². The van der Waals surface area contributed by atoms with Gasteiger partial charge in [-0.3, -0.25) is 4.79 Å². The number of hydrogen-bond acceptors (Lipinski definition) is 5. The predicted octanol–water partition coefficient (Wildman–Crippen LogP) is 0.682. The second-order valence-electron chi connectivity index (χ2n) is 3.78. The molecule has 6 nitrogen and oxygen atoms in total. The lowest BCUT2D eigenvalue weighted by atomic mass is 10.2. The monoisotopic (exact) mass is 271 g/mol. The molecule has 1 aromatic heterocycles. The Morgan fingerprint density at radius 2 is 2.39 bits per heavy atom. The van der Waals surface area contributed by atoms with E-state index in [1.54, 1.807) is 11.4 Å². The second-order valence-corrected chi connectivity index (χ2v) is 4.69. The highest BCUT2D eigenvalue weighted by molar-refractivity contribution is 7.12. The molecule has 1 N–H and O–H groups in total. The Bertz CT molecular complexity index is 458. The fourth-order valence-corrected chi connectivity index (χ4v) is 2.54. The Morgan fingerprint density at radius 1 is 1.61 bits per heavy atom. The molecule has 1 fully saturated rings. The maximum atomic E-state index is 12.2. The van der Waals surface area contributed by atoms with E-state index in [1.165, 1.54) is 23.3 Å². The van der Waals surface area contributed by atoms with Crippen molar-refractivity contribution in [1.82, 2.24) is 4.90 Å². The van der Waals surface area contributed by atoms with Gasteiger partial charge in [0.2, 0.25) is 0 Å². The van der Waals surface area contributed by atoms with Crippen molar-refractivity contribution < 1.29 is 24.2 Å². The van der Waals surface area contributed by atoms with Gasteiger partial charge in [0, 0.05) is 18.0 Å². The summed E-state index contributed by atoms with van der Waals surface area (Å²) in [6.45, 7) is 0.678. The van der Waals surface area contributed by atoms with Crippen LogP contribution in [0, 0.1) is 0 Å². The Labute approximate surface area is 108 Å². The number of carbonyl (C=O) groups excluding carboxylic acids is 1. The highest BCUT2D eigenvalue weighted by atomic mass is 32.1. The molecule has 1 atom stereocenters. The summed E-state index contributed by atoms with van der Waals surface area (Å²) in [7, 11) is 1.52. The van der Waals surface area contributed by atoms with Crippen LogP contribution >= 0.6 is 11.3 Å². The molecule has 0 radical (unpaired) electrons. The fourth-order valence-electron chi connectivity index (χ4n) is 1.73. The zero-order valence-electron chi connectivity index (χ0n) is 9.79. The van der Waals surface area contributed by atoms with Gasteiger partial charge in [-0.05, 0) is 0 Å². The van der Waals surface area contributed by atoms with E-state index in [9.17, 15) is 9.59 Å². The third-order valence-corrected chi connectivity index (χ3v) is 3.59. The molecule has 2 heterocycles. The molecule has 1 aliphatic rings. The lowest BCUT2D eigenvalue weighted by Crippen LogP contribution is -2.52. The first kappa shape index (κ1) is 12.8. The first-order valence-electron chi connectivity index (χ1n) is 5.37. The van der Waals surface area contributed by atoms with Crippen molar-refractivity contribution in [3.8, 4) is 5.75 Å². The first-order valence-corrected chi connectivity index (χ1v) is 6.25. The van der Waals surface area contributed by atoms with Gasteiger partial charge in [-0.1, -0.05) is 0 Å². The van der Waals surface area contributed by atoms with E-state index in [2.05, 4.69) is 0 Å². The van der Waals surface area contributed by atoms with Crippen molar-refractivity contribution in [3.63, 3.8) is 0 Å². The number of thiophene rings is 1. The van der Waals surface area contributed by atoms with Crippen molar-refractivity contribution in [3.05, 3.63) is 16.3 Å². The van der Waals surface area contributed by atoms with Crippen LogP contribution in [0.25, 0.3) is 0 Å². The lowest BCUT2D eigenvalue weighted by molar-refractivity contribution is -0.147. The van der Waals surface area contributed by atoms with Crippen LogP contribution in [-0.2, 0) is 9.53 Å². The van der Waals surface area contributed by atoms with Crippen LogP contribution in [0.5, 0.6) is 5.75 Å². The highest BCUT2D eigenvalue weighted by Gasteiger charge is 2.33. The van der Waals surface area contributed by atoms with Crippen LogP contribution in [0.3, 0.4) is 0 Å². The number of carboxylic acid groups (broad SMARTS) is 1. The van der Waals surface area contributed by atoms with Gasteiger partial charge in [-0.25, -0.2) is 4.79 Å². The van der Waals surface area contributed by atoms with Crippen molar-refractivity contribution in [2.75, 3.05) is 26.9 Å². The summed E-state index contributed by atoms with van der Waals surface area (Å²) in [5, 5.41) is 10.8. The number of ether oxygens (including phenoxy) is 2. The quantitative estimate of drug-likeness (QED) is 0.875. The van der Waals surface area contributed by atoms with Gasteiger partial charge < -0.3 is 19.5 Å². The molecule has 0 aromatic carbocycles. The molecule has 0 bridgehead atoms. The normalized spacial score (nSPS) is 19.6. The molecule has 0 aliphatic carbocycles. The first-order chi connectivity index (χ1) is 8.63. The Balaban J connectivity index is 2.17. The topological polar surface area (TPSA) is 76.1 Å². The molecule has 7 heteroatoms. The molecule has 0 spiro atoms. The number of nitrogens with zero attached hydrogens (tertiary/aromatic N) is 1. The summed E-state index contributed by atoms with van der Waals surface area (Å²) < 4.78 is 10.1. The molecule has 2 rings (SSSR count). The van der Waals surface area contributed by atoms with Gasteiger partial charge in [-0.2, -0.15) is 0 Å². The minimum atomic E-state index is -1.05. The van der Waals surface area contributed by atoms with E-state index in [1.807, 2.05) is 0 Å². The predicted molar refractivity (Wildman–Crippen MR) is 64.2 cm³/mol. The number of morpholine rings is 1. The number of carbonyl (C=O) groups is 2. The number of carboxylic acids is 1. The van der Waals surface area contributed by atoms with E-state index in [-0.39, 0.29) is 19.1 Å². The van der Waals surface area contributed by atoms with Crippen LogP contribution in [0.2, 0.25) is 0 Å². The van der Waals surface area contributed by atoms with E-state index < -0.39 is 12.0 Å². The highest BCUT2D eigenvalue weighted by Crippen LogP contribution is 2.24. The molecule has 1 aromatic rings. The van der Waals surface area contributed by atoms with Gasteiger partial charge in [0.1, 0.15) is 5.75 Å². The molecule has 0 saturated carbocycles. The molecule has 1 amide bonds. The van der Waals surface area contributed by atoms with Crippen LogP contribution in [-0.4, -0.2) is 54.8 Å². The maximum Gasteiger partial charge on any atom is 0.328 e. The van der Waals surface area contributed by atoms with Crippen molar-refractivity contribution in [1.29, 1.82) is 0 Å². The Kier molecular flexibility index (Phi) is 3.83. The third kappa shape index (κ3) is 2.46. The maximum absolute atomic E-state index is 12.2. The SMILES string of the molecule is COc1csc(C(=O)N2CCOC[C@H]2C(=O)O)c1. The zero-order valence-corrected chi connectivity index (χ0v) is 10.6. The molecule has 1 aliphatic heterocycles. The molecule has 98 valence electrons. The van der Waals surface area contributed by atoms with Crippen LogP contribution in [0.1, 0.15) is 9.67 Å². The van der Waals surface area contributed by atoms with Crippen LogP contribution < -0.4 is 4.74 Å². The number of methoxy groups -OCH3 is 1. The molecule has 18 heavy (non-hydrogen) atoms. The standard InChI is InChI=1S/C11H13NO5S/c1-16-7-4-9(18-6-7)10(13)12-2-3-17-5-8(12)11(14)15/h4,6,8H,2-3,5H2,1H3,(H,14,15)/t8-/m0/s1. The number of amides is 1. The summed E-state index contributed by atoms with van der Waals surface area (Å²) in [5.74, 6) is -0.742. The van der Waals surface area contributed by atoms with Gasteiger partial charge >= 0.3 is 5.97 Å². The average Bonchev–Trinajstić information content (AvgIpc) is 2.86. The largest absolute Gasteiger partial charge is 0.496 e. The van der Waals surface area contributed by atoms with Gasteiger partial charge in [0.05, 0.1) is 25.2 Å². The minimum Gasteiger partial charge on any atom is -0.496 e. The summed E-state index contributed by atoms with van der Waals surface area (Å²) >= 11 is 1.24. The molecule has 1 saturated heterocycles. The van der Waals surface area contributed by atoms with E-state index in [0.717, 1.165) is 0 Å². The van der Waals surface area contributed by atoms with Gasteiger partial charge in [-0.15, -0.1) is 11.3 Å². The van der Waals surface area contributed by atoms with E-state index in [4.69, 9.17) is 14.6 Å². The average molecular weight is 271 g/mol. The zero-order chi connectivity index (χ0) is 13.1. The molecular formula is C11H13NO5S. The lowest BCUT2D eigenvalue weighted by Gasteiger charge is -2.32.